The zero-order chi connectivity index (χ0) is 17.4. The number of hydrogen-bond donors (Lipinski definition) is 1. The highest BCUT2D eigenvalue weighted by molar-refractivity contribution is 7.15. The van der Waals surface area contributed by atoms with Gasteiger partial charge in [0.15, 0.2) is 0 Å². The quantitative estimate of drug-likeness (QED) is 0.881. The van der Waals surface area contributed by atoms with Crippen LogP contribution < -0.4 is 5.32 Å². The molecule has 6 nitrogen and oxygen atoms in total. The predicted octanol–water partition coefficient (Wildman–Crippen LogP) is 3.86. The summed E-state index contributed by atoms with van der Waals surface area (Å²) in [5.41, 5.74) is -0.0830. The summed E-state index contributed by atoms with van der Waals surface area (Å²) in [6.45, 7) is 6.35. The Balaban J connectivity index is 1.40. The van der Waals surface area contributed by atoms with Crippen molar-refractivity contribution in [2.75, 3.05) is 25.0 Å². The summed E-state index contributed by atoms with van der Waals surface area (Å²) in [5, 5.41) is 13.0. The van der Waals surface area contributed by atoms with Crippen LogP contribution >= 0.6 is 11.3 Å². The third-order valence-electron chi connectivity index (χ3n) is 6.41. The number of urea groups is 1. The molecule has 0 aromatic carbocycles. The largest absolute Gasteiger partial charge is 0.371 e. The number of morpholine rings is 1. The van der Waals surface area contributed by atoms with Crippen LogP contribution in [0.3, 0.4) is 0 Å². The number of fused-ring (bicyclic) bond motifs is 3. The lowest BCUT2D eigenvalue weighted by Gasteiger charge is -2.45. The Morgan fingerprint density at radius 2 is 2.24 bits per heavy atom. The third kappa shape index (κ3) is 3.16. The zero-order valence-corrected chi connectivity index (χ0v) is 16.0. The molecule has 1 saturated heterocycles. The first-order chi connectivity index (χ1) is 12.1. The minimum atomic E-state index is -0.0830. The number of carbonyl (C=O) groups excluding carboxylic acids is 1. The van der Waals surface area contributed by atoms with Crippen LogP contribution in [0.1, 0.15) is 63.3 Å². The van der Waals surface area contributed by atoms with Crippen molar-refractivity contribution in [3.63, 3.8) is 0 Å². The lowest BCUT2D eigenvalue weighted by Crippen LogP contribution is -2.57. The van der Waals surface area contributed by atoms with E-state index < -0.39 is 0 Å². The highest BCUT2D eigenvalue weighted by atomic mass is 32.1. The van der Waals surface area contributed by atoms with Crippen LogP contribution in [0, 0.1) is 11.8 Å². The molecule has 2 saturated carbocycles. The minimum Gasteiger partial charge on any atom is -0.371 e. The molecule has 4 rings (SSSR count). The summed E-state index contributed by atoms with van der Waals surface area (Å²) in [6, 6.07) is -0.0577. The van der Waals surface area contributed by atoms with Gasteiger partial charge in [0.1, 0.15) is 5.01 Å². The van der Waals surface area contributed by atoms with Gasteiger partial charge in [0.2, 0.25) is 5.13 Å². The number of carbonyl (C=O) groups is 1. The molecular formula is C18H28N4O2S. The minimum absolute atomic E-state index is 0.0577. The van der Waals surface area contributed by atoms with E-state index in [1.807, 2.05) is 4.90 Å². The standard InChI is InChI=1S/C18H28N4O2S/c1-3-13(4-2)15-20-21-16(25-15)19-17(23)22-7-8-24-18(11-22)10-12-5-6-14(18)9-12/h12-14H,3-11H2,1-2H3,(H,19,21,23)/t12-,14-,18+/m0/s1. The Labute approximate surface area is 153 Å². The van der Waals surface area contributed by atoms with Gasteiger partial charge in [-0.05, 0) is 50.4 Å². The first-order valence-electron chi connectivity index (χ1n) is 9.66. The molecule has 1 spiro atoms. The van der Waals surface area contributed by atoms with E-state index in [4.69, 9.17) is 4.74 Å². The fourth-order valence-electron chi connectivity index (χ4n) is 5.00. The van der Waals surface area contributed by atoms with Crippen molar-refractivity contribution in [3.05, 3.63) is 5.01 Å². The molecular weight excluding hydrogens is 336 g/mol. The average molecular weight is 365 g/mol. The molecule has 2 amide bonds. The first kappa shape index (κ1) is 17.2. The van der Waals surface area contributed by atoms with Crippen LogP contribution in [0.25, 0.3) is 0 Å². The average Bonchev–Trinajstić information content (AvgIpc) is 3.33. The van der Waals surface area contributed by atoms with E-state index in [9.17, 15) is 4.79 Å². The van der Waals surface area contributed by atoms with Gasteiger partial charge in [-0.2, -0.15) is 0 Å². The van der Waals surface area contributed by atoms with Crippen molar-refractivity contribution in [2.24, 2.45) is 11.8 Å². The fraction of sp³-hybridized carbons (Fsp3) is 0.833. The van der Waals surface area contributed by atoms with Crippen LogP contribution in [-0.4, -0.2) is 46.4 Å². The lowest BCUT2D eigenvalue weighted by atomic mass is 9.83. The molecule has 2 aliphatic carbocycles. The molecule has 2 heterocycles. The number of amides is 2. The monoisotopic (exact) mass is 364 g/mol. The second-order valence-electron chi connectivity index (χ2n) is 7.80. The molecule has 3 aliphatic rings. The second kappa shape index (κ2) is 6.83. The third-order valence-corrected chi connectivity index (χ3v) is 7.41. The Kier molecular flexibility index (Phi) is 4.71. The Hall–Kier alpha value is -1.21. The predicted molar refractivity (Wildman–Crippen MR) is 98.0 cm³/mol. The summed E-state index contributed by atoms with van der Waals surface area (Å²) in [6.07, 6.45) is 7.10. The van der Waals surface area contributed by atoms with Crippen molar-refractivity contribution >= 4 is 22.5 Å². The van der Waals surface area contributed by atoms with E-state index in [1.165, 1.54) is 30.6 Å². The molecule has 3 fully saturated rings. The van der Waals surface area contributed by atoms with Crippen LogP contribution in [0.15, 0.2) is 0 Å². The molecule has 7 heteroatoms. The summed E-state index contributed by atoms with van der Waals surface area (Å²) < 4.78 is 6.21. The Bertz CT molecular complexity index is 632. The molecule has 0 unspecified atom stereocenters. The molecule has 1 N–H and O–H groups in total. The fourth-order valence-corrected chi connectivity index (χ4v) is 6.00. The number of nitrogens with one attached hydrogen (secondary N) is 1. The highest BCUT2D eigenvalue weighted by Crippen LogP contribution is 2.53. The van der Waals surface area contributed by atoms with Gasteiger partial charge < -0.3 is 9.64 Å². The van der Waals surface area contributed by atoms with Crippen molar-refractivity contribution in [3.8, 4) is 0 Å². The van der Waals surface area contributed by atoms with Crippen molar-refractivity contribution in [2.45, 2.75) is 63.9 Å². The van der Waals surface area contributed by atoms with E-state index in [0.717, 1.165) is 36.7 Å². The van der Waals surface area contributed by atoms with E-state index in [-0.39, 0.29) is 11.6 Å². The summed E-state index contributed by atoms with van der Waals surface area (Å²) in [7, 11) is 0. The number of anilines is 1. The number of aromatic nitrogens is 2. The van der Waals surface area contributed by atoms with Crippen LogP contribution in [0.4, 0.5) is 9.93 Å². The smallest absolute Gasteiger partial charge is 0.323 e. The maximum Gasteiger partial charge on any atom is 0.323 e. The Morgan fingerprint density at radius 3 is 2.92 bits per heavy atom. The molecule has 25 heavy (non-hydrogen) atoms. The van der Waals surface area contributed by atoms with E-state index >= 15 is 0 Å². The molecule has 3 atom stereocenters. The van der Waals surface area contributed by atoms with Gasteiger partial charge in [0.25, 0.3) is 0 Å². The van der Waals surface area contributed by atoms with Gasteiger partial charge in [-0.1, -0.05) is 25.2 Å². The Morgan fingerprint density at radius 1 is 1.40 bits per heavy atom. The lowest BCUT2D eigenvalue weighted by molar-refractivity contribution is -0.126. The highest BCUT2D eigenvalue weighted by Gasteiger charge is 2.54. The molecule has 1 aromatic rings. The van der Waals surface area contributed by atoms with E-state index in [0.29, 0.717) is 30.1 Å². The van der Waals surface area contributed by atoms with E-state index in [2.05, 4.69) is 29.4 Å². The normalized spacial score (nSPS) is 31.2. The summed E-state index contributed by atoms with van der Waals surface area (Å²) in [5.74, 6) is 1.87. The van der Waals surface area contributed by atoms with Crippen LogP contribution in [0.5, 0.6) is 0 Å². The van der Waals surface area contributed by atoms with Gasteiger partial charge in [0, 0.05) is 12.5 Å². The van der Waals surface area contributed by atoms with Crippen LogP contribution in [-0.2, 0) is 4.74 Å². The summed E-state index contributed by atoms with van der Waals surface area (Å²) >= 11 is 1.51. The van der Waals surface area contributed by atoms with Crippen LogP contribution in [0.2, 0.25) is 0 Å². The number of ether oxygens (including phenoxy) is 1. The zero-order valence-electron chi connectivity index (χ0n) is 15.2. The first-order valence-corrected chi connectivity index (χ1v) is 10.5. The van der Waals surface area contributed by atoms with Gasteiger partial charge in [-0.15, -0.1) is 10.2 Å². The maximum atomic E-state index is 12.7. The molecule has 138 valence electrons. The van der Waals surface area contributed by atoms with Gasteiger partial charge in [-0.25, -0.2) is 4.79 Å². The van der Waals surface area contributed by atoms with E-state index in [1.54, 1.807) is 0 Å². The summed E-state index contributed by atoms with van der Waals surface area (Å²) in [4.78, 5) is 14.6. The van der Waals surface area contributed by atoms with Gasteiger partial charge in [0.05, 0.1) is 18.8 Å². The number of nitrogens with zero attached hydrogens (tertiary/aromatic N) is 3. The van der Waals surface area contributed by atoms with Crippen molar-refractivity contribution < 1.29 is 9.53 Å². The SMILES string of the molecule is CCC(CC)c1nnc(NC(=O)N2CCO[C@]3(C[C@H]4CC[C@H]3C4)C2)s1. The molecule has 0 radical (unpaired) electrons. The molecule has 1 aromatic heterocycles. The second-order valence-corrected chi connectivity index (χ2v) is 8.81. The maximum absolute atomic E-state index is 12.7. The molecule has 2 bridgehead atoms. The van der Waals surface area contributed by atoms with Crippen molar-refractivity contribution in [1.82, 2.24) is 15.1 Å². The molecule has 1 aliphatic heterocycles. The number of rotatable bonds is 4. The van der Waals surface area contributed by atoms with Gasteiger partial charge in [-0.3, -0.25) is 5.32 Å². The van der Waals surface area contributed by atoms with Crippen molar-refractivity contribution in [1.29, 1.82) is 0 Å². The topological polar surface area (TPSA) is 67.4 Å². The van der Waals surface area contributed by atoms with Gasteiger partial charge >= 0.3 is 6.03 Å². The number of hydrogen-bond acceptors (Lipinski definition) is 5.